The monoisotopic (exact) mass is 376 g/mol. The molecule has 129 valence electrons. The molecule has 3 nitrogen and oxygen atoms in total. The third kappa shape index (κ3) is 5.62. The van der Waals surface area contributed by atoms with E-state index in [4.69, 9.17) is 0 Å². The maximum Gasteiger partial charge on any atom is 0.434 e. The van der Waals surface area contributed by atoms with Crippen molar-refractivity contribution in [3.05, 3.63) is 52.7 Å². The molecule has 1 N–H and O–H groups in total. The number of nitrogens with zero attached hydrogens (tertiary/aromatic N) is 1. The van der Waals surface area contributed by atoms with E-state index in [0.717, 1.165) is 5.56 Å². The van der Waals surface area contributed by atoms with Gasteiger partial charge < -0.3 is 5.11 Å². The number of hydrogen-bond acceptors (Lipinski definition) is 2. The van der Waals surface area contributed by atoms with Gasteiger partial charge in [-0.2, -0.15) is 13.2 Å². The normalized spacial score (nSPS) is 11.3. The second-order valence-electron chi connectivity index (χ2n) is 6.16. The number of alkyl halides is 3. The van der Waals surface area contributed by atoms with Crippen molar-refractivity contribution in [1.82, 2.24) is 4.98 Å². The summed E-state index contributed by atoms with van der Waals surface area (Å²) in [5.41, 5.74) is -0.404. The summed E-state index contributed by atoms with van der Waals surface area (Å²) in [6.45, 7) is 5.48. The largest absolute Gasteiger partial charge is 0.478 e. The SMILES string of the molecule is Cc1cccc(-c2cc(CC(C)C)c(C(=O)O)c(C(F)(F)F)n2)c1.[K]. The maximum atomic E-state index is 13.4. The summed E-state index contributed by atoms with van der Waals surface area (Å²) >= 11 is 0. The Hall–Kier alpha value is -0.734. The van der Waals surface area contributed by atoms with Gasteiger partial charge in [0.05, 0.1) is 11.3 Å². The number of aromatic nitrogens is 1. The van der Waals surface area contributed by atoms with E-state index >= 15 is 0 Å². The molecule has 0 aliphatic rings. The van der Waals surface area contributed by atoms with Gasteiger partial charge in [0.25, 0.3) is 0 Å². The summed E-state index contributed by atoms with van der Waals surface area (Å²) in [7, 11) is 0. The Labute approximate surface area is 187 Å². The van der Waals surface area contributed by atoms with E-state index in [9.17, 15) is 23.1 Å². The third-order valence-corrected chi connectivity index (χ3v) is 3.53. The average Bonchev–Trinajstić information content (AvgIpc) is 2.44. The minimum absolute atomic E-state index is 0. The second kappa shape index (κ2) is 8.77. The zero-order valence-corrected chi connectivity index (χ0v) is 17.7. The zero-order valence-electron chi connectivity index (χ0n) is 14.6. The van der Waals surface area contributed by atoms with Crippen LogP contribution in [0.15, 0.2) is 30.3 Å². The van der Waals surface area contributed by atoms with Crippen LogP contribution in [0, 0.1) is 12.8 Å². The molecule has 1 radical (unpaired) electrons. The van der Waals surface area contributed by atoms with Crippen molar-refractivity contribution < 1.29 is 23.1 Å². The van der Waals surface area contributed by atoms with Crippen molar-refractivity contribution in [2.24, 2.45) is 5.92 Å². The average molecular weight is 376 g/mol. The molecule has 0 saturated carbocycles. The summed E-state index contributed by atoms with van der Waals surface area (Å²) in [6.07, 6.45) is -4.61. The van der Waals surface area contributed by atoms with Crippen molar-refractivity contribution in [3.8, 4) is 11.3 Å². The number of carboxylic acid groups (broad SMARTS) is 1. The minimum Gasteiger partial charge on any atom is -0.478 e. The molecule has 0 unspecified atom stereocenters. The molecule has 0 atom stereocenters. The molecule has 0 amide bonds. The van der Waals surface area contributed by atoms with Crippen LogP contribution < -0.4 is 0 Å². The quantitative estimate of drug-likeness (QED) is 0.794. The fourth-order valence-electron chi connectivity index (χ4n) is 2.59. The van der Waals surface area contributed by atoms with Crippen LogP contribution in [-0.2, 0) is 12.6 Å². The van der Waals surface area contributed by atoms with Crippen LogP contribution in [0.2, 0.25) is 0 Å². The maximum absolute atomic E-state index is 13.4. The van der Waals surface area contributed by atoms with E-state index in [1.54, 1.807) is 18.2 Å². The van der Waals surface area contributed by atoms with E-state index in [1.807, 2.05) is 26.8 Å². The van der Waals surface area contributed by atoms with Crippen molar-refractivity contribution in [1.29, 1.82) is 0 Å². The predicted octanol–water partition coefficient (Wildman–Crippen LogP) is 4.59. The number of benzene rings is 1. The zero-order chi connectivity index (χ0) is 18.1. The molecule has 25 heavy (non-hydrogen) atoms. The Morgan fingerprint density at radius 1 is 1.24 bits per heavy atom. The Morgan fingerprint density at radius 2 is 1.88 bits per heavy atom. The summed E-state index contributed by atoms with van der Waals surface area (Å²) in [5, 5.41) is 9.29. The summed E-state index contributed by atoms with van der Waals surface area (Å²) in [6, 6.07) is 8.40. The van der Waals surface area contributed by atoms with Crippen LogP contribution in [0.3, 0.4) is 0 Å². The second-order valence-corrected chi connectivity index (χ2v) is 6.16. The molecule has 1 aromatic heterocycles. The van der Waals surface area contributed by atoms with Crippen LogP contribution in [-0.4, -0.2) is 67.4 Å². The smallest absolute Gasteiger partial charge is 0.434 e. The summed E-state index contributed by atoms with van der Waals surface area (Å²) < 4.78 is 40.1. The van der Waals surface area contributed by atoms with E-state index in [2.05, 4.69) is 4.98 Å². The number of aryl methyl sites for hydroxylation is 1. The molecule has 1 heterocycles. The number of carbonyl (C=O) groups is 1. The van der Waals surface area contributed by atoms with Gasteiger partial charge >= 0.3 is 12.1 Å². The number of halogens is 3. The van der Waals surface area contributed by atoms with E-state index in [-0.39, 0.29) is 75.0 Å². The number of carboxylic acids is 1. The first-order valence-corrected chi connectivity index (χ1v) is 7.51. The number of pyridine rings is 1. The Morgan fingerprint density at radius 3 is 2.36 bits per heavy atom. The van der Waals surface area contributed by atoms with Crippen LogP contribution in [0.25, 0.3) is 11.3 Å². The Balaban J connectivity index is 0.00000312. The first kappa shape index (κ1) is 22.3. The molecule has 0 aliphatic heterocycles. The first-order valence-electron chi connectivity index (χ1n) is 7.51. The van der Waals surface area contributed by atoms with Gasteiger partial charge in [0.2, 0.25) is 0 Å². The van der Waals surface area contributed by atoms with Crippen molar-refractivity contribution in [2.45, 2.75) is 33.4 Å². The van der Waals surface area contributed by atoms with Gasteiger partial charge in [0.15, 0.2) is 5.69 Å². The topological polar surface area (TPSA) is 50.2 Å². The molecule has 0 fully saturated rings. The Bertz CT molecular complexity index is 773. The number of hydrogen-bond donors (Lipinski definition) is 1. The summed E-state index contributed by atoms with van der Waals surface area (Å²) in [5.74, 6) is -1.60. The molecule has 7 heteroatoms. The molecule has 0 saturated heterocycles. The van der Waals surface area contributed by atoms with E-state index in [0.29, 0.717) is 5.56 Å². The van der Waals surface area contributed by atoms with E-state index < -0.39 is 23.4 Å². The molecule has 0 aliphatic carbocycles. The van der Waals surface area contributed by atoms with Gasteiger partial charge in [0, 0.05) is 56.9 Å². The molecule has 1 aromatic carbocycles. The first-order chi connectivity index (χ1) is 11.1. The van der Waals surface area contributed by atoms with Crippen molar-refractivity contribution in [2.75, 3.05) is 0 Å². The van der Waals surface area contributed by atoms with Gasteiger partial charge in [-0.15, -0.1) is 0 Å². The molecular weight excluding hydrogens is 358 g/mol. The molecule has 2 rings (SSSR count). The van der Waals surface area contributed by atoms with Crippen LogP contribution >= 0.6 is 0 Å². The fraction of sp³-hybridized carbons (Fsp3) is 0.333. The third-order valence-electron chi connectivity index (χ3n) is 3.53. The fourth-order valence-corrected chi connectivity index (χ4v) is 2.59. The van der Waals surface area contributed by atoms with Crippen LogP contribution in [0.4, 0.5) is 13.2 Å². The van der Waals surface area contributed by atoms with Gasteiger partial charge in [-0.3, -0.25) is 0 Å². The van der Waals surface area contributed by atoms with Crippen molar-refractivity contribution in [3.63, 3.8) is 0 Å². The van der Waals surface area contributed by atoms with Crippen LogP contribution in [0.1, 0.15) is 41.0 Å². The van der Waals surface area contributed by atoms with Gasteiger partial charge in [-0.1, -0.05) is 37.6 Å². The number of rotatable bonds is 4. The van der Waals surface area contributed by atoms with Crippen LogP contribution in [0.5, 0.6) is 0 Å². The van der Waals surface area contributed by atoms with Gasteiger partial charge in [-0.25, -0.2) is 9.78 Å². The summed E-state index contributed by atoms with van der Waals surface area (Å²) in [4.78, 5) is 15.1. The van der Waals surface area contributed by atoms with Crippen molar-refractivity contribution >= 4 is 57.4 Å². The standard InChI is InChI=1S/C18H18F3NO2.K/c1-10(2)7-13-9-14(12-6-4-5-11(3)8-12)22-16(18(19,20)21)15(13)17(23)24;/h4-6,8-10H,7H2,1-3H3,(H,23,24);. The van der Waals surface area contributed by atoms with Gasteiger partial charge in [-0.05, 0) is 37.0 Å². The van der Waals surface area contributed by atoms with Gasteiger partial charge in [0.1, 0.15) is 0 Å². The van der Waals surface area contributed by atoms with E-state index in [1.165, 1.54) is 6.07 Å². The molecule has 2 aromatic rings. The minimum atomic E-state index is -4.83. The predicted molar refractivity (Wildman–Crippen MR) is 90.7 cm³/mol. The molecule has 0 spiro atoms. The molecule has 0 bridgehead atoms. The Kier molecular flexibility index (Phi) is 7.83. The number of aromatic carboxylic acids is 1. The molecular formula is C18H18F3KNO2.